The first-order valence-electron chi connectivity index (χ1n) is 10.0. The maximum absolute atomic E-state index is 13.4. The molecule has 1 aromatic rings. The molecule has 3 aliphatic heterocycles. The highest BCUT2D eigenvalue weighted by molar-refractivity contribution is 5.86. The van der Waals surface area contributed by atoms with Crippen LogP contribution in [0.4, 0.5) is 0 Å². The van der Waals surface area contributed by atoms with E-state index in [1.807, 2.05) is 47.2 Å². The van der Waals surface area contributed by atoms with Crippen molar-refractivity contribution in [3.63, 3.8) is 0 Å². The molecule has 0 unspecified atom stereocenters. The summed E-state index contributed by atoms with van der Waals surface area (Å²) in [6.45, 7) is 2.64. The maximum atomic E-state index is 13.4. The van der Waals surface area contributed by atoms with Crippen LogP contribution in [0.1, 0.15) is 24.8 Å². The molecule has 0 radical (unpaired) electrons. The number of amides is 2. The van der Waals surface area contributed by atoms with Crippen molar-refractivity contribution in [3.05, 3.63) is 35.9 Å². The number of morpholine rings is 1. The number of hydrogen-bond donors (Lipinski definition) is 1. The number of hydrogen-bond acceptors (Lipinski definition) is 5. The van der Waals surface area contributed by atoms with Crippen LogP contribution in [0, 0.1) is 0 Å². The van der Waals surface area contributed by atoms with Crippen molar-refractivity contribution in [1.82, 2.24) is 15.1 Å². The Bertz CT molecular complexity index is 741. The summed E-state index contributed by atoms with van der Waals surface area (Å²) in [7, 11) is 3.48. The van der Waals surface area contributed by atoms with E-state index in [0.717, 1.165) is 18.7 Å². The lowest BCUT2D eigenvalue weighted by Gasteiger charge is -2.55. The Kier molecular flexibility index (Phi) is 6.53. The molecule has 3 aliphatic rings. The van der Waals surface area contributed by atoms with E-state index in [4.69, 9.17) is 9.47 Å². The molecule has 1 N–H and O–H groups in total. The summed E-state index contributed by atoms with van der Waals surface area (Å²) in [6, 6.07) is 10.0. The van der Waals surface area contributed by atoms with E-state index >= 15 is 0 Å². The molecule has 29 heavy (non-hydrogen) atoms. The van der Waals surface area contributed by atoms with Crippen LogP contribution in [-0.4, -0.2) is 80.3 Å². The number of benzene rings is 1. The SMILES string of the molecule is COC1(C(=O)N2CC[C@]3(c4ccccc4)[C@@H](C2)OCC(=O)N3C)CCNCC1.Cl. The molecule has 3 heterocycles. The average molecular weight is 424 g/mol. The van der Waals surface area contributed by atoms with Gasteiger partial charge in [0.15, 0.2) is 0 Å². The number of nitrogens with zero attached hydrogens (tertiary/aromatic N) is 2. The van der Waals surface area contributed by atoms with Crippen LogP contribution in [0.15, 0.2) is 30.3 Å². The molecule has 2 amide bonds. The lowest BCUT2D eigenvalue weighted by molar-refractivity contribution is -0.190. The van der Waals surface area contributed by atoms with E-state index in [0.29, 0.717) is 32.4 Å². The van der Waals surface area contributed by atoms with Crippen LogP contribution in [-0.2, 0) is 24.6 Å². The first-order valence-corrected chi connectivity index (χ1v) is 10.0. The Morgan fingerprint density at radius 2 is 1.90 bits per heavy atom. The summed E-state index contributed by atoms with van der Waals surface area (Å²) in [4.78, 5) is 29.6. The summed E-state index contributed by atoms with van der Waals surface area (Å²) in [5.74, 6) is 0.0212. The van der Waals surface area contributed by atoms with Crippen LogP contribution in [0.3, 0.4) is 0 Å². The lowest BCUT2D eigenvalue weighted by Crippen LogP contribution is -2.69. The van der Waals surface area contributed by atoms with Crippen LogP contribution in [0.5, 0.6) is 0 Å². The van der Waals surface area contributed by atoms with E-state index in [2.05, 4.69) is 5.32 Å². The van der Waals surface area contributed by atoms with Gasteiger partial charge in [-0.3, -0.25) is 9.59 Å². The van der Waals surface area contributed by atoms with E-state index < -0.39 is 11.1 Å². The molecule has 8 heteroatoms. The van der Waals surface area contributed by atoms with Gasteiger partial charge in [-0.25, -0.2) is 0 Å². The van der Waals surface area contributed by atoms with Crippen LogP contribution < -0.4 is 5.32 Å². The van der Waals surface area contributed by atoms with Crippen molar-refractivity contribution in [2.75, 3.05) is 46.9 Å². The zero-order valence-corrected chi connectivity index (χ0v) is 17.9. The number of fused-ring (bicyclic) bond motifs is 1. The standard InChI is InChI=1S/C21H29N3O4.ClH/c1-23-18(25)15-28-17-14-24(19(26)20(27-2)8-11-22-12-9-20)13-10-21(17,23)16-6-4-3-5-7-16;/h3-7,17,22H,8-15H2,1-2H3;1H/t17-,21+;/m1./s1. The topological polar surface area (TPSA) is 71.1 Å². The average Bonchev–Trinajstić information content (AvgIpc) is 2.76. The van der Waals surface area contributed by atoms with Gasteiger partial charge in [0, 0.05) is 27.2 Å². The normalized spacial score (nSPS) is 29.0. The predicted octanol–water partition coefficient (Wildman–Crippen LogP) is 1.16. The van der Waals surface area contributed by atoms with Crippen molar-refractivity contribution < 1.29 is 19.1 Å². The van der Waals surface area contributed by atoms with Gasteiger partial charge in [0.25, 0.3) is 5.91 Å². The van der Waals surface area contributed by atoms with Gasteiger partial charge in [0.2, 0.25) is 5.91 Å². The third kappa shape index (κ3) is 3.54. The van der Waals surface area contributed by atoms with Gasteiger partial charge in [-0.05, 0) is 37.9 Å². The molecule has 0 aliphatic carbocycles. The number of ether oxygens (including phenoxy) is 2. The molecular weight excluding hydrogens is 394 g/mol. The zero-order valence-electron chi connectivity index (χ0n) is 17.1. The van der Waals surface area contributed by atoms with E-state index in [1.54, 1.807) is 7.11 Å². The highest BCUT2D eigenvalue weighted by Crippen LogP contribution is 2.43. The van der Waals surface area contributed by atoms with Crippen molar-refractivity contribution in [2.45, 2.75) is 36.5 Å². The Hall–Kier alpha value is -1.67. The fraction of sp³-hybridized carbons (Fsp3) is 0.619. The molecule has 0 aromatic heterocycles. The number of rotatable bonds is 3. The van der Waals surface area contributed by atoms with E-state index in [1.165, 1.54) is 0 Å². The van der Waals surface area contributed by atoms with Crippen LogP contribution >= 0.6 is 12.4 Å². The lowest BCUT2D eigenvalue weighted by atomic mass is 9.75. The van der Waals surface area contributed by atoms with Gasteiger partial charge in [0.05, 0.1) is 5.54 Å². The van der Waals surface area contributed by atoms with Crippen molar-refractivity contribution in [2.24, 2.45) is 0 Å². The van der Waals surface area contributed by atoms with Crippen LogP contribution in [0.2, 0.25) is 0 Å². The van der Waals surface area contributed by atoms with Crippen molar-refractivity contribution >= 4 is 24.2 Å². The third-order valence-electron chi connectivity index (χ3n) is 6.81. The number of nitrogens with one attached hydrogen (secondary N) is 1. The van der Waals surface area contributed by atoms with Gasteiger partial charge in [-0.2, -0.15) is 0 Å². The van der Waals surface area contributed by atoms with E-state index in [9.17, 15) is 9.59 Å². The highest BCUT2D eigenvalue weighted by Gasteiger charge is 2.55. The molecule has 0 saturated carbocycles. The summed E-state index contributed by atoms with van der Waals surface area (Å²) in [5, 5.41) is 3.30. The molecule has 0 spiro atoms. The predicted molar refractivity (Wildman–Crippen MR) is 111 cm³/mol. The Balaban J connectivity index is 0.00000240. The van der Waals surface area contributed by atoms with Gasteiger partial charge in [0.1, 0.15) is 18.3 Å². The largest absolute Gasteiger partial charge is 0.368 e. The Morgan fingerprint density at radius 3 is 2.55 bits per heavy atom. The smallest absolute Gasteiger partial charge is 0.254 e. The number of piperidine rings is 2. The van der Waals surface area contributed by atoms with Crippen molar-refractivity contribution in [3.8, 4) is 0 Å². The first-order chi connectivity index (χ1) is 13.5. The van der Waals surface area contributed by atoms with Gasteiger partial charge in [-0.1, -0.05) is 30.3 Å². The number of methoxy groups -OCH3 is 1. The van der Waals surface area contributed by atoms with E-state index in [-0.39, 0.29) is 36.9 Å². The molecule has 3 fully saturated rings. The number of likely N-dealkylation sites (N-methyl/N-ethyl adjacent to an activating group) is 1. The first kappa shape index (κ1) is 22.0. The minimum absolute atomic E-state index is 0. The number of carbonyl (C=O) groups is 2. The summed E-state index contributed by atoms with van der Waals surface area (Å²) < 4.78 is 11.8. The molecule has 4 rings (SSSR count). The van der Waals surface area contributed by atoms with Gasteiger partial charge < -0.3 is 24.6 Å². The van der Waals surface area contributed by atoms with Crippen molar-refractivity contribution in [1.29, 1.82) is 0 Å². The molecule has 3 saturated heterocycles. The molecule has 1 aromatic carbocycles. The summed E-state index contributed by atoms with van der Waals surface area (Å²) in [5.41, 5.74) is -0.234. The fourth-order valence-electron chi connectivity index (χ4n) is 5.03. The molecule has 2 atom stereocenters. The Labute approximate surface area is 178 Å². The van der Waals surface area contributed by atoms with Gasteiger partial charge in [-0.15, -0.1) is 12.4 Å². The second-order valence-electron chi connectivity index (χ2n) is 7.99. The van der Waals surface area contributed by atoms with Crippen LogP contribution in [0.25, 0.3) is 0 Å². The third-order valence-corrected chi connectivity index (χ3v) is 6.81. The van der Waals surface area contributed by atoms with Gasteiger partial charge >= 0.3 is 0 Å². The molecule has 7 nitrogen and oxygen atoms in total. The summed E-state index contributed by atoms with van der Waals surface area (Å²) >= 11 is 0. The highest BCUT2D eigenvalue weighted by atomic mass is 35.5. The minimum atomic E-state index is -0.756. The Morgan fingerprint density at radius 1 is 1.21 bits per heavy atom. The molecular formula is C21H30ClN3O4. The molecule has 0 bridgehead atoms. The monoisotopic (exact) mass is 423 g/mol. The zero-order chi connectivity index (χ0) is 19.8. The maximum Gasteiger partial charge on any atom is 0.254 e. The second-order valence-corrected chi connectivity index (χ2v) is 7.99. The number of halogens is 1. The quantitative estimate of drug-likeness (QED) is 0.790. The minimum Gasteiger partial charge on any atom is -0.368 e. The fourth-order valence-corrected chi connectivity index (χ4v) is 5.03. The number of likely N-dealkylation sites (tertiary alicyclic amines) is 1. The summed E-state index contributed by atoms with van der Waals surface area (Å²) in [6.07, 6.45) is 1.73. The number of carbonyl (C=O) groups excluding carboxylic acids is 2. The molecule has 160 valence electrons. The second kappa shape index (κ2) is 8.60.